The lowest BCUT2D eigenvalue weighted by molar-refractivity contribution is -0.124. The predicted molar refractivity (Wildman–Crippen MR) is 78.6 cm³/mol. The summed E-state index contributed by atoms with van der Waals surface area (Å²) in [6.07, 6.45) is -0.753. The van der Waals surface area contributed by atoms with Gasteiger partial charge >= 0.3 is 5.97 Å². The molecule has 0 spiro atoms. The summed E-state index contributed by atoms with van der Waals surface area (Å²) in [6.45, 7) is 6.51. The monoisotopic (exact) mass is 286 g/mol. The van der Waals surface area contributed by atoms with Gasteiger partial charge in [0.15, 0.2) is 11.9 Å². The summed E-state index contributed by atoms with van der Waals surface area (Å²) in [4.78, 5) is 23.4. The average Bonchev–Trinajstić information content (AvgIpc) is 2.74. The normalized spacial score (nSPS) is 12.0. The van der Waals surface area contributed by atoms with Crippen molar-refractivity contribution in [2.24, 2.45) is 0 Å². The Balaban J connectivity index is 2.36. The van der Waals surface area contributed by atoms with Crippen LogP contribution in [0.4, 0.5) is 0 Å². The number of Topliss-reactive ketones (excluding diaryl/α,β-unsaturated/α-hetero) is 1. The van der Waals surface area contributed by atoms with Gasteiger partial charge in [-0.3, -0.25) is 4.79 Å². The first-order chi connectivity index (χ1) is 9.91. The number of ketones is 1. The number of carbonyl (C=O) groups is 2. The van der Waals surface area contributed by atoms with E-state index in [1.165, 1.54) is 6.92 Å². The van der Waals surface area contributed by atoms with Crippen molar-refractivity contribution in [2.75, 3.05) is 0 Å². The lowest BCUT2D eigenvalue weighted by atomic mass is 10.2. The third kappa shape index (κ3) is 3.02. The van der Waals surface area contributed by atoms with Gasteiger partial charge in [0.2, 0.25) is 0 Å². The largest absolute Gasteiger partial charge is 0.451 e. The second-order valence-electron chi connectivity index (χ2n) is 4.95. The van der Waals surface area contributed by atoms with Gasteiger partial charge in [-0.05, 0) is 39.8 Å². The number of esters is 1. The van der Waals surface area contributed by atoms with Crippen molar-refractivity contribution in [2.45, 2.75) is 33.8 Å². The third-order valence-electron chi connectivity index (χ3n) is 3.35. The van der Waals surface area contributed by atoms with Gasteiger partial charge in [0.1, 0.15) is 5.56 Å². The molecule has 110 valence electrons. The van der Waals surface area contributed by atoms with Crippen LogP contribution in [0.2, 0.25) is 0 Å². The number of aryl methyl sites for hydroxylation is 1. The molecule has 2 rings (SSSR count). The minimum absolute atomic E-state index is 0.186. The van der Waals surface area contributed by atoms with E-state index in [9.17, 15) is 9.59 Å². The fourth-order valence-electron chi connectivity index (χ4n) is 2.06. The molecule has 0 radical (unpaired) electrons. The maximum absolute atomic E-state index is 12.2. The third-order valence-corrected chi connectivity index (χ3v) is 3.35. The van der Waals surface area contributed by atoms with Crippen LogP contribution in [-0.2, 0) is 9.53 Å². The number of carbonyl (C=O) groups excluding carboxylic acids is 2. The fraction of sp³-hybridized carbons (Fsp3) is 0.312. The lowest BCUT2D eigenvalue weighted by Crippen LogP contribution is -2.22. The number of ether oxygens (including phenoxy) is 1. The Labute approximate surface area is 123 Å². The van der Waals surface area contributed by atoms with E-state index in [1.807, 2.05) is 37.3 Å². The molecule has 0 saturated carbocycles. The van der Waals surface area contributed by atoms with Crippen molar-refractivity contribution in [3.05, 3.63) is 47.3 Å². The molecule has 0 aliphatic carbocycles. The summed E-state index contributed by atoms with van der Waals surface area (Å²) in [7, 11) is 0. The zero-order valence-electron chi connectivity index (χ0n) is 12.6. The van der Waals surface area contributed by atoms with Gasteiger partial charge in [0.05, 0.1) is 17.1 Å². The van der Waals surface area contributed by atoms with Gasteiger partial charge in [-0.25, -0.2) is 9.48 Å². The molecule has 1 heterocycles. The maximum Gasteiger partial charge on any atom is 0.342 e. The molecule has 0 amide bonds. The molecule has 21 heavy (non-hydrogen) atoms. The summed E-state index contributed by atoms with van der Waals surface area (Å²) in [5.74, 6) is -0.705. The molecule has 0 saturated heterocycles. The molecule has 1 aromatic heterocycles. The molecule has 5 heteroatoms. The minimum Gasteiger partial charge on any atom is -0.451 e. The first-order valence-corrected chi connectivity index (χ1v) is 6.75. The molecule has 1 atom stereocenters. The molecule has 0 aliphatic rings. The minimum atomic E-state index is -0.753. The van der Waals surface area contributed by atoms with E-state index in [1.54, 1.807) is 18.5 Å². The highest BCUT2D eigenvalue weighted by Crippen LogP contribution is 2.19. The Kier molecular flexibility index (Phi) is 4.21. The van der Waals surface area contributed by atoms with Crippen molar-refractivity contribution >= 4 is 11.8 Å². The Bertz CT molecular complexity index is 674. The molecule has 0 fully saturated rings. The number of hydrogen-bond acceptors (Lipinski definition) is 4. The van der Waals surface area contributed by atoms with E-state index in [2.05, 4.69) is 5.10 Å². The summed E-state index contributed by atoms with van der Waals surface area (Å²) in [6, 6.07) is 9.54. The Hall–Kier alpha value is -2.43. The Morgan fingerprint density at radius 2 is 1.81 bits per heavy atom. The van der Waals surface area contributed by atoms with Gasteiger partial charge < -0.3 is 4.74 Å². The smallest absolute Gasteiger partial charge is 0.342 e. The Morgan fingerprint density at radius 1 is 1.19 bits per heavy atom. The zero-order valence-corrected chi connectivity index (χ0v) is 12.6. The molecule has 1 aromatic carbocycles. The average molecular weight is 286 g/mol. The van der Waals surface area contributed by atoms with E-state index in [4.69, 9.17) is 4.74 Å². The number of para-hydroxylation sites is 1. The van der Waals surface area contributed by atoms with E-state index in [-0.39, 0.29) is 5.78 Å². The van der Waals surface area contributed by atoms with Crippen LogP contribution in [0.1, 0.15) is 35.6 Å². The topological polar surface area (TPSA) is 61.2 Å². The second kappa shape index (κ2) is 5.91. The van der Waals surface area contributed by atoms with Crippen LogP contribution in [0.25, 0.3) is 5.69 Å². The van der Waals surface area contributed by atoms with E-state index in [0.717, 1.165) is 5.69 Å². The summed E-state index contributed by atoms with van der Waals surface area (Å²) >= 11 is 0. The summed E-state index contributed by atoms with van der Waals surface area (Å²) in [5, 5.41) is 4.38. The van der Waals surface area contributed by atoms with Crippen LogP contribution in [-0.4, -0.2) is 27.6 Å². The first-order valence-electron chi connectivity index (χ1n) is 6.75. The van der Waals surface area contributed by atoms with Gasteiger partial charge in [-0.15, -0.1) is 0 Å². The second-order valence-corrected chi connectivity index (χ2v) is 4.95. The van der Waals surface area contributed by atoms with Crippen molar-refractivity contribution in [3.63, 3.8) is 0 Å². The Morgan fingerprint density at radius 3 is 2.38 bits per heavy atom. The molecule has 0 N–H and O–H groups in total. The summed E-state index contributed by atoms with van der Waals surface area (Å²) < 4.78 is 6.87. The number of aromatic nitrogens is 2. The van der Waals surface area contributed by atoms with Gasteiger partial charge in [0.25, 0.3) is 0 Å². The number of benzene rings is 1. The number of hydrogen-bond donors (Lipinski definition) is 0. The van der Waals surface area contributed by atoms with Crippen LogP contribution in [0.3, 0.4) is 0 Å². The highest BCUT2D eigenvalue weighted by atomic mass is 16.5. The van der Waals surface area contributed by atoms with Crippen molar-refractivity contribution in [1.29, 1.82) is 0 Å². The molecule has 5 nitrogen and oxygen atoms in total. The lowest BCUT2D eigenvalue weighted by Gasteiger charge is -2.10. The fourth-order valence-corrected chi connectivity index (χ4v) is 2.06. The van der Waals surface area contributed by atoms with Crippen molar-refractivity contribution < 1.29 is 14.3 Å². The maximum atomic E-state index is 12.2. The van der Waals surface area contributed by atoms with Gasteiger partial charge in [-0.1, -0.05) is 18.2 Å². The highest BCUT2D eigenvalue weighted by molar-refractivity contribution is 5.94. The van der Waals surface area contributed by atoms with Crippen LogP contribution in [0.15, 0.2) is 30.3 Å². The van der Waals surface area contributed by atoms with Crippen molar-refractivity contribution in [3.8, 4) is 5.69 Å². The first kappa shape index (κ1) is 15.0. The standard InChI is InChI=1S/C16H18N2O3/c1-10-15(16(20)21-13(4)12(3)19)11(2)18(17-10)14-8-6-5-7-9-14/h5-9,13H,1-4H3. The van der Waals surface area contributed by atoms with Crippen LogP contribution in [0, 0.1) is 13.8 Å². The number of rotatable bonds is 4. The van der Waals surface area contributed by atoms with Gasteiger partial charge in [-0.2, -0.15) is 5.10 Å². The van der Waals surface area contributed by atoms with E-state index >= 15 is 0 Å². The molecular weight excluding hydrogens is 268 g/mol. The van der Waals surface area contributed by atoms with Gasteiger partial charge in [0, 0.05) is 0 Å². The zero-order chi connectivity index (χ0) is 15.6. The summed E-state index contributed by atoms with van der Waals surface area (Å²) in [5.41, 5.74) is 2.56. The quantitative estimate of drug-likeness (QED) is 0.811. The molecule has 0 bridgehead atoms. The highest BCUT2D eigenvalue weighted by Gasteiger charge is 2.23. The van der Waals surface area contributed by atoms with Crippen molar-refractivity contribution in [1.82, 2.24) is 9.78 Å². The van der Waals surface area contributed by atoms with Crippen LogP contribution in [0.5, 0.6) is 0 Å². The molecule has 0 aliphatic heterocycles. The van der Waals surface area contributed by atoms with E-state index in [0.29, 0.717) is 17.0 Å². The predicted octanol–water partition coefficient (Wildman–Crippen LogP) is 2.62. The SMILES string of the molecule is CC(=O)C(C)OC(=O)c1c(C)nn(-c2ccccc2)c1C. The van der Waals surface area contributed by atoms with Crippen LogP contribution < -0.4 is 0 Å². The molecule has 1 unspecified atom stereocenters. The molecule has 2 aromatic rings. The molecular formula is C16H18N2O3. The number of nitrogens with zero attached hydrogens (tertiary/aromatic N) is 2. The van der Waals surface area contributed by atoms with E-state index < -0.39 is 12.1 Å². The van der Waals surface area contributed by atoms with Crippen LogP contribution >= 0.6 is 0 Å².